The number of nitrogens with zero attached hydrogens (tertiary/aromatic N) is 1. The van der Waals surface area contributed by atoms with Crippen LogP contribution in [0.2, 0.25) is 0 Å². The van der Waals surface area contributed by atoms with E-state index in [1.165, 1.54) is 20.0 Å². The van der Waals surface area contributed by atoms with Gasteiger partial charge in [0.15, 0.2) is 0 Å². The van der Waals surface area contributed by atoms with Gasteiger partial charge in [0.2, 0.25) is 0 Å². The van der Waals surface area contributed by atoms with E-state index in [0.717, 1.165) is 32.7 Å². The summed E-state index contributed by atoms with van der Waals surface area (Å²) in [6.45, 7) is 11.2. The number of hydrogen-bond acceptors (Lipinski definition) is 4. The summed E-state index contributed by atoms with van der Waals surface area (Å²) in [5, 5.41) is 3.42. The summed E-state index contributed by atoms with van der Waals surface area (Å²) in [6.07, 6.45) is 2.52. The predicted molar refractivity (Wildman–Crippen MR) is 73.5 cm³/mol. The van der Waals surface area contributed by atoms with Crippen molar-refractivity contribution in [2.24, 2.45) is 11.3 Å². The first-order valence-corrected chi connectivity index (χ1v) is 7.01. The number of hydrogen-bond donors (Lipinski definition) is 1. The normalized spacial score (nSPS) is 21.9. The van der Waals surface area contributed by atoms with Gasteiger partial charge in [-0.2, -0.15) is 0 Å². The van der Waals surface area contributed by atoms with E-state index in [-0.39, 0.29) is 5.97 Å². The number of rotatable bonds is 6. The Morgan fingerprint density at radius 2 is 2.22 bits per heavy atom. The summed E-state index contributed by atoms with van der Waals surface area (Å²) in [6, 6.07) is 0. The summed E-state index contributed by atoms with van der Waals surface area (Å²) in [7, 11) is 1.47. The first-order valence-electron chi connectivity index (χ1n) is 7.01. The number of ether oxygens (including phenoxy) is 1. The first kappa shape index (κ1) is 15.4. The molecule has 0 aromatic carbocycles. The molecule has 0 bridgehead atoms. The molecule has 0 amide bonds. The number of carbonyl (C=O) groups excluding carboxylic acids is 1. The van der Waals surface area contributed by atoms with Gasteiger partial charge in [0.25, 0.3) is 0 Å². The maximum absolute atomic E-state index is 11.7. The van der Waals surface area contributed by atoms with Gasteiger partial charge in [0.05, 0.1) is 12.5 Å². The molecule has 1 saturated heterocycles. The van der Waals surface area contributed by atoms with Crippen LogP contribution in [-0.2, 0) is 9.53 Å². The van der Waals surface area contributed by atoms with Crippen molar-refractivity contribution in [2.45, 2.75) is 33.6 Å². The van der Waals surface area contributed by atoms with E-state index in [2.05, 4.69) is 17.1 Å². The van der Waals surface area contributed by atoms with Crippen molar-refractivity contribution in [3.8, 4) is 0 Å². The highest BCUT2D eigenvalue weighted by Crippen LogP contribution is 2.23. The Labute approximate surface area is 111 Å². The fourth-order valence-corrected chi connectivity index (χ4v) is 2.71. The van der Waals surface area contributed by atoms with E-state index in [9.17, 15) is 4.79 Å². The second kappa shape index (κ2) is 7.10. The van der Waals surface area contributed by atoms with Crippen LogP contribution in [0, 0.1) is 11.3 Å². The SMILES string of the molecule is CCNCC1CCCN(CC(C)(C)C(=O)OC)C1. The maximum atomic E-state index is 11.7. The lowest BCUT2D eigenvalue weighted by Crippen LogP contribution is -2.46. The Hall–Kier alpha value is -0.610. The second-order valence-electron chi connectivity index (χ2n) is 5.93. The third-order valence-electron chi connectivity index (χ3n) is 3.64. The number of carbonyl (C=O) groups is 1. The molecule has 1 unspecified atom stereocenters. The van der Waals surface area contributed by atoms with Gasteiger partial charge in [-0.3, -0.25) is 4.79 Å². The number of methoxy groups -OCH3 is 1. The van der Waals surface area contributed by atoms with Crippen molar-refractivity contribution in [2.75, 3.05) is 39.8 Å². The lowest BCUT2D eigenvalue weighted by molar-refractivity contribution is -0.152. The molecule has 1 aliphatic heterocycles. The molecule has 1 heterocycles. The Balaban J connectivity index is 2.44. The fourth-order valence-electron chi connectivity index (χ4n) is 2.71. The summed E-state index contributed by atoms with van der Waals surface area (Å²) < 4.78 is 4.87. The Kier molecular flexibility index (Phi) is 6.09. The minimum absolute atomic E-state index is 0.115. The van der Waals surface area contributed by atoms with Crippen molar-refractivity contribution in [1.29, 1.82) is 0 Å². The summed E-state index contributed by atoms with van der Waals surface area (Å²) in [4.78, 5) is 14.1. The predicted octanol–water partition coefficient (Wildman–Crippen LogP) is 1.51. The molecule has 0 aromatic heterocycles. The smallest absolute Gasteiger partial charge is 0.312 e. The minimum atomic E-state index is -0.408. The molecule has 18 heavy (non-hydrogen) atoms. The van der Waals surface area contributed by atoms with Crippen LogP contribution in [-0.4, -0.2) is 50.7 Å². The van der Waals surface area contributed by atoms with Gasteiger partial charge < -0.3 is 15.0 Å². The summed E-state index contributed by atoms with van der Waals surface area (Å²) in [5.74, 6) is 0.600. The standard InChI is InChI=1S/C14H28N2O2/c1-5-15-9-12-7-6-8-16(10-12)11-14(2,3)13(17)18-4/h12,15H,5-11H2,1-4H3. The summed E-state index contributed by atoms with van der Waals surface area (Å²) >= 11 is 0. The zero-order valence-electron chi connectivity index (χ0n) is 12.3. The number of nitrogens with one attached hydrogen (secondary N) is 1. The zero-order valence-corrected chi connectivity index (χ0v) is 12.3. The van der Waals surface area contributed by atoms with Crippen LogP contribution >= 0.6 is 0 Å². The van der Waals surface area contributed by atoms with Gasteiger partial charge in [0.1, 0.15) is 0 Å². The van der Waals surface area contributed by atoms with Crippen LogP contribution in [0.5, 0.6) is 0 Å². The van der Waals surface area contributed by atoms with E-state index in [1.807, 2.05) is 13.8 Å². The fraction of sp³-hybridized carbons (Fsp3) is 0.929. The van der Waals surface area contributed by atoms with E-state index in [1.54, 1.807) is 0 Å². The highest BCUT2D eigenvalue weighted by atomic mass is 16.5. The van der Waals surface area contributed by atoms with Crippen LogP contribution < -0.4 is 5.32 Å². The lowest BCUT2D eigenvalue weighted by atomic mass is 9.90. The molecule has 4 heteroatoms. The molecule has 1 atom stereocenters. The van der Waals surface area contributed by atoms with Gasteiger partial charge in [0, 0.05) is 13.1 Å². The number of esters is 1. The van der Waals surface area contributed by atoms with Crippen LogP contribution in [0.3, 0.4) is 0 Å². The molecular weight excluding hydrogens is 228 g/mol. The molecule has 0 saturated carbocycles. The van der Waals surface area contributed by atoms with Crippen LogP contribution in [0.25, 0.3) is 0 Å². The van der Waals surface area contributed by atoms with Crippen LogP contribution in [0.15, 0.2) is 0 Å². The quantitative estimate of drug-likeness (QED) is 0.731. The largest absolute Gasteiger partial charge is 0.469 e. The Morgan fingerprint density at radius 3 is 2.83 bits per heavy atom. The topological polar surface area (TPSA) is 41.6 Å². The molecule has 1 N–H and O–H groups in total. The molecule has 4 nitrogen and oxygen atoms in total. The van der Waals surface area contributed by atoms with Gasteiger partial charge in [-0.25, -0.2) is 0 Å². The molecule has 1 rings (SSSR count). The van der Waals surface area contributed by atoms with Crippen molar-refractivity contribution < 1.29 is 9.53 Å². The number of piperidine rings is 1. The van der Waals surface area contributed by atoms with Crippen molar-refractivity contribution in [3.63, 3.8) is 0 Å². The molecule has 0 spiro atoms. The number of likely N-dealkylation sites (tertiary alicyclic amines) is 1. The first-order chi connectivity index (χ1) is 8.49. The third kappa shape index (κ3) is 4.58. The molecule has 0 aliphatic carbocycles. The van der Waals surface area contributed by atoms with E-state index in [4.69, 9.17) is 4.74 Å². The lowest BCUT2D eigenvalue weighted by Gasteiger charge is -2.36. The highest BCUT2D eigenvalue weighted by Gasteiger charge is 2.32. The van der Waals surface area contributed by atoms with Crippen LogP contribution in [0.1, 0.15) is 33.6 Å². The maximum Gasteiger partial charge on any atom is 0.312 e. The van der Waals surface area contributed by atoms with Gasteiger partial charge in [-0.15, -0.1) is 0 Å². The molecule has 1 fully saturated rings. The van der Waals surface area contributed by atoms with Crippen molar-refractivity contribution >= 4 is 5.97 Å². The van der Waals surface area contributed by atoms with Gasteiger partial charge in [-0.05, 0) is 52.2 Å². The Bertz CT molecular complexity index is 267. The average molecular weight is 256 g/mol. The van der Waals surface area contributed by atoms with Crippen molar-refractivity contribution in [1.82, 2.24) is 10.2 Å². The highest BCUT2D eigenvalue weighted by molar-refractivity contribution is 5.76. The Morgan fingerprint density at radius 1 is 1.50 bits per heavy atom. The molecule has 0 radical (unpaired) electrons. The van der Waals surface area contributed by atoms with Gasteiger partial charge in [-0.1, -0.05) is 6.92 Å². The average Bonchev–Trinajstić information content (AvgIpc) is 2.35. The monoisotopic (exact) mass is 256 g/mol. The van der Waals surface area contributed by atoms with Crippen LogP contribution in [0.4, 0.5) is 0 Å². The molecule has 0 aromatic rings. The van der Waals surface area contributed by atoms with Crippen molar-refractivity contribution in [3.05, 3.63) is 0 Å². The second-order valence-corrected chi connectivity index (χ2v) is 5.93. The molecule has 1 aliphatic rings. The van der Waals surface area contributed by atoms with Gasteiger partial charge >= 0.3 is 5.97 Å². The third-order valence-corrected chi connectivity index (χ3v) is 3.64. The molecular formula is C14H28N2O2. The van der Waals surface area contributed by atoms with E-state index >= 15 is 0 Å². The zero-order chi connectivity index (χ0) is 13.6. The molecule has 106 valence electrons. The minimum Gasteiger partial charge on any atom is -0.469 e. The summed E-state index contributed by atoms with van der Waals surface area (Å²) in [5.41, 5.74) is -0.408. The van der Waals surface area contributed by atoms with E-state index in [0.29, 0.717) is 5.92 Å². The van der Waals surface area contributed by atoms with E-state index < -0.39 is 5.41 Å².